The molecule has 1 saturated heterocycles. The number of methoxy groups -OCH3 is 1. The maximum absolute atomic E-state index is 12.9. The summed E-state index contributed by atoms with van der Waals surface area (Å²) in [5, 5.41) is 6.26. The monoisotopic (exact) mass is 443 g/mol. The topological polar surface area (TPSA) is 80.5 Å². The van der Waals surface area contributed by atoms with E-state index in [0.717, 1.165) is 42.7 Å². The first-order chi connectivity index (χ1) is 14.9. The van der Waals surface area contributed by atoms with Crippen molar-refractivity contribution in [2.24, 2.45) is 14.1 Å². The van der Waals surface area contributed by atoms with Gasteiger partial charge in [-0.05, 0) is 49.6 Å². The van der Waals surface area contributed by atoms with Crippen LogP contribution < -0.4 is 26.0 Å². The molecule has 1 aliphatic rings. The van der Waals surface area contributed by atoms with Gasteiger partial charge in [-0.15, -0.1) is 0 Å². The minimum atomic E-state index is -0.417. The third-order valence-corrected chi connectivity index (χ3v) is 5.98. The Kier molecular flexibility index (Phi) is 5.82. The summed E-state index contributed by atoms with van der Waals surface area (Å²) in [6.07, 6.45) is 3.38. The van der Waals surface area contributed by atoms with Gasteiger partial charge in [-0.3, -0.25) is 9.13 Å². The van der Waals surface area contributed by atoms with E-state index in [1.54, 1.807) is 41.4 Å². The van der Waals surface area contributed by atoms with Gasteiger partial charge in [0.05, 0.1) is 35.2 Å². The molecule has 2 heterocycles. The van der Waals surface area contributed by atoms with Crippen molar-refractivity contribution in [1.82, 2.24) is 9.13 Å². The van der Waals surface area contributed by atoms with Gasteiger partial charge in [-0.1, -0.05) is 11.6 Å². The summed E-state index contributed by atoms with van der Waals surface area (Å²) >= 11 is 6.08. The lowest BCUT2D eigenvalue weighted by molar-refractivity contribution is 0.262. The molecule has 0 spiro atoms. The number of halogens is 1. The molecule has 8 nitrogen and oxygen atoms in total. The van der Waals surface area contributed by atoms with E-state index in [4.69, 9.17) is 16.3 Å². The maximum atomic E-state index is 12.9. The molecule has 0 radical (unpaired) electrons. The number of anilines is 3. The summed E-state index contributed by atoms with van der Waals surface area (Å²) in [4.78, 5) is 27.6. The Labute approximate surface area is 185 Å². The SMILES string of the molecule is COc1ccc(Cl)cc1NC(=O)Nc1cc2c(cc1N1CCCCC1)n(C)c(=O)n2C. The second kappa shape index (κ2) is 8.55. The molecule has 2 amide bonds. The number of rotatable bonds is 4. The van der Waals surface area contributed by atoms with Gasteiger partial charge in [0.1, 0.15) is 5.75 Å². The summed E-state index contributed by atoms with van der Waals surface area (Å²) in [7, 11) is 5.02. The van der Waals surface area contributed by atoms with Crippen molar-refractivity contribution in [3.05, 3.63) is 45.8 Å². The Morgan fingerprint density at radius 2 is 1.61 bits per heavy atom. The number of imidazole rings is 1. The van der Waals surface area contributed by atoms with Crippen LogP contribution in [0.2, 0.25) is 5.02 Å². The largest absolute Gasteiger partial charge is 0.495 e. The number of nitrogens with zero attached hydrogens (tertiary/aromatic N) is 3. The number of carbonyl (C=O) groups excluding carboxylic acids is 1. The van der Waals surface area contributed by atoms with E-state index < -0.39 is 6.03 Å². The van der Waals surface area contributed by atoms with Crippen molar-refractivity contribution in [2.45, 2.75) is 19.3 Å². The standard InChI is InChI=1S/C22H26ClN5O3/c1-26-18-12-15(24-21(29)25-16-11-14(23)7-8-20(16)31-3)17(28-9-5-4-6-10-28)13-19(18)27(2)22(26)30/h7-8,11-13H,4-6,9-10H2,1-3H3,(H2,24,25,29). The quantitative estimate of drug-likeness (QED) is 0.634. The van der Waals surface area contributed by atoms with E-state index in [2.05, 4.69) is 15.5 Å². The Bertz CT molecular complexity index is 1190. The van der Waals surface area contributed by atoms with E-state index in [9.17, 15) is 9.59 Å². The highest BCUT2D eigenvalue weighted by Gasteiger charge is 2.20. The van der Waals surface area contributed by atoms with Crippen molar-refractivity contribution < 1.29 is 9.53 Å². The minimum Gasteiger partial charge on any atom is -0.495 e. The molecule has 9 heteroatoms. The summed E-state index contributed by atoms with van der Waals surface area (Å²) in [5.41, 5.74) is 3.50. The number of nitrogens with one attached hydrogen (secondary N) is 2. The van der Waals surface area contributed by atoms with E-state index >= 15 is 0 Å². The van der Waals surface area contributed by atoms with Crippen LogP contribution in [0.4, 0.5) is 21.9 Å². The van der Waals surface area contributed by atoms with E-state index in [-0.39, 0.29) is 5.69 Å². The Hall–Kier alpha value is -3.13. The lowest BCUT2D eigenvalue weighted by Crippen LogP contribution is -2.31. The van der Waals surface area contributed by atoms with Crippen LogP contribution in [0.25, 0.3) is 11.0 Å². The molecule has 4 rings (SSSR count). The zero-order valence-corrected chi connectivity index (χ0v) is 18.6. The molecule has 31 heavy (non-hydrogen) atoms. The average molecular weight is 444 g/mol. The van der Waals surface area contributed by atoms with Crippen LogP contribution >= 0.6 is 11.6 Å². The summed E-state index contributed by atoms with van der Waals surface area (Å²) < 4.78 is 8.52. The number of benzene rings is 2. The lowest BCUT2D eigenvalue weighted by Gasteiger charge is -2.30. The summed E-state index contributed by atoms with van der Waals surface area (Å²) in [6, 6.07) is 8.45. The van der Waals surface area contributed by atoms with E-state index in [1.165, 1.54) is 13.5 Å². The van der Waals surface area contributed by atoms with Gasteiger partial charge in [0.15, 0.2) is 0 Å². The van der Waals surface area contributed by atoms with E-state index in [1.807, 2.05) is 12.1 Å². The van der Waals surface area contributed by atoms with Crippen LogP contribution in [0.1, 0.15) is 19.3 Å². The lowest BCUT2D eigenvalue weighted by atomic mass is 10.1. The molecule has 2 N–H and O–H groups in total. The van der Waals surface area contributed by atoms with Crippen LogP contribution in [0.3, 0.4) is 0 Å². The third kappa shape index (κ3) is 4.07. The fraction of sp³-hybridized carbons (Fsp3) is 0.364. The van der Waals surface area contributed by atoms with Gasteiger partial charge in [0, 0.05) is 32.2 Å². The number of hydrogen-bond acceptors (Lipinski definition) is 4. The van der Waals surface area contributed by atoms with Crippen molar-refractivity contribution in [3.8, 4) is 5.75 Å². The second-order valence-corrected chi connectivity index (χ2v) is 8.17. The fourth-order valence-corrected chi connectivity index (χ4v) is 4.26. The number of fused-ring (bicyclic) bond motifs is 1. The highest BCUT2D eigenvalue weighted by atomic mass is 35.5. The predicted molar refractivity (Wildman–Crippen MR) is 125 cm³/mol. The maximum Gasteiger partial charge on any atom is 0.328 e. The highest BCUT2D eigenvalue weighted by molar-refractivity contribution is 6.31. The first-order valence-electron chi connectivity index (χ1n) is 10.2. The molecule has 164 valence electrons. The van der Waals surface area contributed by atoms with Gasteiger partial charge in [0.25, 0.3) is 0 Å². The van der Waals surface area contributed by atoms with Crippen LogP contribution in [-0.4, -0.2) is 35.4 Å². The van der Waals surface area contributed by atoms with Crippen molar-refractivity contribution in [2.75, 3.05) is 35.7 Å². The fourth-order valence-electron chi connectivity index (χ4n) is 4.08. The molecule has 0 aliphatic carbocycles. The molecule has 0 saturated carbocycles. The second-order valence-electron chi connectivity index (χ2n) is 7.73. The number of carbonyl (C=O) groups is 1. The molecule has 0 atom stereocenters. The number of urea groups is 1. The molecule has 2 aromatic carbocycles. The van der Waals surface area contributed by atoms with Crippen molar-refractivity contribution in [1.29, 1.82) is 0 Å². The Morgan fingerprint density at radius 1 is 0.968 bits per heavy atom. The number of aryl methyl sites for hydroxylation is 2. The molecule has 1 fully saturated rings. The Balaban J connectivity index is 1.71. The average Bonchev–Trinajstić information content (AvgIpc) is 2.97. The Morgan fingerprint density at radius 3 is 2.29 bits per heavy atom. The minimum absolute atomic E-state index is 0.107. The molecule has 0 unspecified atom stereocenters. The first-order valence-corrected chi connectivity index (χ1v) is 10.6. The summed E-state index contributed by atoms with van der Waals surface area (Å²) in [5.74, 6) is 0.511. The summed E-state index contributed by atoms with van der Waals surface area (Å²) in [6.45, 7) is 1.81. The highest BCUT2D eigenvalue weighted by Crippen LogP contribution is 2.33. The normalized spacial score (nSPS) is 14.0. The van der Waals surface area contributed by atoms with Crippen molar-refractivity contribution in [3.63, 3.8) is 0 Å². The third-order valence-electron chi connectivity index (χ3n) is 5.74. The zero-order valence-electron chi connectivity index (χ0n) is 17.9. The van der Waals surface area contributed by atoms with Crippen LogP contribution in [-0.2, 0) is 14.1 Å². The van der Waals surface area contributed by atoms with Gasteiger partial charge in [-0.2, -0.15) is 0 Å². The molecular formula is C22H26ClN5O3. The van der Waals surface area contributed by atoms with Crippen LogP contribution in [0, 0.1) is 0 Å². The number of piperidine rings is 1. The predicted octanol–water partition coefficient (Wildman–Crippen LogP) is 4.17. The van der Waals surface area contributed by atoms with Gasteiger partial charge >= 0.3 is 11.7 Å². The van der Waals surface area contributed by atoms with Crippen LogP contribution in [0.5, 0.6) is 5.75 Å². The first kappa shape index (κ1) is 21.1. The number of aromatic nitrogens is 2. The number of amides is 2. The molecular weight excluding hydrogens is 418 g/mol. The smallest absolute Gasteiger partial charge is 0.328 e. The molecule has 3 aromatic rings. The molecule has 1 aromatic heterocycles. The molecule has 1 aliphatic heterocycles. The molecule has 0 bridgehead atoms. The van der Waals surface area contributed by atoms with Crippen molar-refractivity contribution >= 4 is 45.7 Å². The van der Waals surface area contributed by atoms with Gasteiger partial charge in [-0.25, -0.2) is 9.59 Å². The zero-order chi connectivity index (χ0) is 22.1. The van der Waals surface area contributed by atoms with Crippen LogP contribution in [0.15, 0.2) is 35.1 Å². The number of ether oxygens (including phenoxy) is 1. The number of hydrogen-bond donors (Lipinski definition) is 2. The van der Waals surface area contributed by atoms with Gasteiger partial charge < -0.3 is 20.3 Å². The van der Waals surface area contributed by atoms with E-state index in [0.29, 0.717) is 22.1 Å². The van der Waals surface area contributed by atoms with Gasteiger partial charge in [0.2, 0.25) is 0 Å².